The average molecular weight is 358 g/mol. The Kier molecular flexibility index (Phi) is 5.92. The van der Waals surface area contributed by atoms with Crippen molar-refractivity contribution in [2.24, 2.45) is 0 Å². The van der Waals surface area contributed by atoms with Gasteiger partial charge in [0.2, 0.25) is 0 Å². The lowest BCUT2D eigenvalue weighted by atomic mass is 10.0. The molecule has 0 fully saturated rings. The largest absolute Gasteiger partial charge is 0.461 e. The predicted molar refractivity (Wildman–Crippen MR) is 112 cm³/mol. The summed E-state index contributed by atoms with van der Waals surface area (Å²) in [6.07, 6.45) is 8.31. The highest BCUT2D eigenvalue weighted by atomic mass is 16.5. The van der Waals surface area contributed by atoms with Crippen LogP contribution in [-0.2, 0) is 0 Å². The van der Waals surface area contributed by atoms with Crippen molar-refractivity contribution >= 4 is 0 Å². The SMILES string of the molecule is C=C/C=C(\CC)Oc1cc(-n2ccnc2-c2ccccc2)ccc1C(C)C. The fraction of sp³-hybridized carbons (Fsp3) is 0.208. The molecule has 0 spiro atoms. The van der Waals surface area contributed by atoms with Gasteiger partial charge < -0.3 is 4.74 Å². The summed E-state index contributed by atoms with van der Waals surface area (Å²) < 4.78 is 8.33. The number of hydrogen-bond donors (Lipinski definition) is 0. The molecule has 3 aromatic rings. The third kappa shape index (κ3) is 4.20. The van der Waals surface area contributed by atoms with Crippen LogP contribution in [-0.4, -0.2) is 9.55 Å². The Morgan fingerprint density at radius 3 is 2.63 bits per heavy atom. The van der Waals surface area contributed by atoms with Gasteiger partial charge in [-0.3, -0.25) is 4.57 Å². The monoisotopic (exact) mass is 358 g/mol. The minimum absolute atomic E-state index is 0.368. The van der Waals surface area contributed by atoms with Crippen LogP contribution in [0.4, 0.5) is 0 Å². The molecule has 0 saturated heterocycles. The molecule has 0 bridgehead atoms. The molecule has 0 atom stereocenters. The number of imidazole rings is 1. The molecule has 1 heterocycles. The van der Waals surface area contributed by atoms with Crippen LogP contribution in [0.3, 0.4) is 0 Å². The van der Waals surface area contributed by atoms with Gasteiger partial charge in [-0.2, -0.15) is 0 Å². The van der Waals surface area contributed by atoms with Gasteiger partial charge >= 0.3 is 0 Å². The van der Waals surface area contributed by atoms with E-state index in [1.807, 2.05) is 36.7 Å². The molecule has 3 rings (SSSR count). The summed E-state index contributed by atoms with van der Waals surface area (Å²) in [5, 5.41) is 0. The lowest BCUT2D eigenvalue weighted by Gasteiger charge is -2.17. The zero-order valence-corrected chi connectivity index (χ0v) is 16.2. The minimum Gasteiger partial charge on any atom is -0.461 e. The molecule has 27 heavy (non-hydrogen) atoms. The van der Waals surface area contributed by atoms with Crippen molar-refractivity contribution < 1.29 is 4.74 Å². The third-order valence-corrected chi connectivity index (χ3v) is 4.46. The first kappa shape index (κ1) is 18.7. The molecule has 0 N–H and O–H groups in total. The molecule has 0 amide bonds. The van der Waals surface area contributed by atoms with Crippen molar-refractivity contribution in [3.63, 3.8) is 0 Å². The van der Waals surface area contributed by atoms with E-state index in [1.54, 1.807) is 6.08 Å². The Bertz CT molecular complexity index is 936. The Morgan fingerprint density at radius 2 is 1.96 bits per heavy atom. The van der Waals surface area contributed by atoms with Crippen molar-refractivity contribution in [3.8, 4) is 22.8 Å². The highest BCUT2D eigenvalue weighted by molar-refractivity contribution is 5.59. The molecule has 0 aliphatic carbocycles. The van der Waals surface area contributed by atoms with Gasteiger partial charge in [0.25, 0.3) is 0 Å². The molecule has 0 saturated carbocycles. The van der Waals surface area contributed by atoms with Crippen LogP contribution < -0.4 is 4.74 Å². The zero-order chi connectivity index (χ0) is 19.2. The molecule has 138 valence electrons. The first-order chi connectivity index (χ1) is 13.1. The summed E-state index contributed by atoms with van der Waals surface area (Å²) >= 11 is 0. The van der Waals surface area contributed by atoms with Gasteiger partial charge in [-0.25, -0.2) is 4.98 Å². The molecular formula is C24H26N2O. The summed E-state index contributed by atoms with van der Waals surface area (Å²) in [5.41, 5.74) is 3.29. The smallest absolute Gasteiger partial charge is 0.144 e. The number of ether oxygens (including phenoxy) is 1. The van der Waals surface area contributed by atoms with Crippen LogP contribution in [0.15, 0.2) is 85.4 Å². The first-order valence-corrected chi connectivity index (χ1v) is 9.36. The summed E-state index contributed by atoms with van der Waals surface area (Å²) in [5.74, 6) is 3.06. The molecule has 0 aliphatic rings. The molecule has 1 aromatic heterocycles. The van der Waals surface area contributed by atoms with E-state index >= 15 is 0 Å². The zero-order valence-electron chi connectivity index (χ0n) is 16.2. The van der Waals surface area contributed by atoms with Crippen LogP contribution >= 0.6 is 0 Å². The quantitative estimate of drug-likeness (QED) is 0.355. The molecule has 0 unspecified atom stereocenters. The van der Waals surface area contributed by atoms with Crippen LogP contribution in [0.1, 0.15) is 38.7 Å². The first-order valence-electron chi connectivity index (χ1n) is 9.36. The number of benzene rings is 2. The third-order valence-electron chi connectivity index (χ3n) is 4.46. The number of nitrogens with zero attached hydrogens (tertiary/aromatic N) is 2. The topological polar surface area (TPSA) is 27.1 Å². The summed E-state index contributed by atoms with van der Waals surface area (Å²) in [6, 6.07) is 16.6. The Balaban J connectivity index is 2.06. The predicted octanol–water partition coefficient (Wildman–Crippen LogP) is 6.52. The highest BCUT2D eigenvalue weighted by Crippen LogP contribution is 2.32. The van der Waals surface area contributed by atoms with Crippen molar-refractivity contribution in [1.29, 1.82) is 0 Å². The molecular weight excluding hydrogens is 332 g/mol. The van der Waals surface area contributed by atoms with Crippen LogP contribution in [0.25, 0.3) is 17.1 Å². The van der Waals surface area contributed by atoms with E-state index in [4.69, 9.17) is 4.74 Å². The molecule has 2 aromatic carbocycles. The maximum absolute atomic E-state index is 6.24. The van der Waals surface area contributed by atoms with E-state index in [2.05, 4.69) is 67.2 Å². The normalized spacial score (nSPS) is 11.6. The lowest BCUT2D eigenvalue weighted by molar-refractivity contribution is 0.403. The maximum atomic E-state index is 6.24. The summed E-state index contributed by atoms with van der Waals surface area (Å²) in [6.45, 7) is 10.2. The average Bonchev–Trinajstić information content (AvgIpc) is 3.18. The van der Waals surface area contributed by atoms with Crippen molar-refractivity contribution in [2.45, 2.75) is 33.1 Å². The van der Waals surface area contributed by atoms with E-state index in [0.717, 1.165) is 35.0 Å². The number of hydrogen-bond acceptors (Lipinski definition) is 2. The fourth-order valence-corrected chi connectivity index (χ4v) is 3.05. The number of rotatable bonds is 7. The van der Waals surface area contributed by atoms with Gasteiger partial charge in [0.15, 0.2) is 0 Å². The molecule has 0 radical (unpaired) electrons. The van der Waals surface area contributed by atoms with Gasteiger partial charge in [0.05, 0.1) is 5.69 Å². The van der Waals surface area contributed by atoms with Gasteiger partial charge in [-0.05, 0) is 23.6 Å². The molecule has 3 nitrogen and oxygen atoms in total. The number of allylic oxidation sites excluding steroid dienone is 3. The van der Waals surface area contributed by atoms with E-state index in [0.29, 0.717) is 5.92 Å². The van der Waals surface area contributed by atoms with E-state index < -0.39 is 0 Å². The van der Waals surface area contributed by atoms with Gasteiger partial charge in [0.1, 0.15) is 17.3 Å². The van der Waals surface area contributed by atoms with Crippen molar-refractivity contribution in [2.75, 3.05) is 0 Å². The molecule has 0 aliphatic heterocycles. The highest BCUT2D eigenvalue weighted by Gasteiger charge is 2.13. The Morgan fingerprint density at radius 1 is 1.19 bits per heavy atom. The maximum Gasteiger partial charge on any atom is 0.144 e. The van der Waals surface area contributed by atoms with Gasteiger partial charge in [-0.15, -0.1) is 0 Å². The minimum atomic E-state index is 0.368. The van der Waals surface area contributed by atoms with Gasteiger partial charge in [0, 0.05) is 30.4 Å². The second-order valence-electron chi connectivity index (χ2n) is 6.69. The van der Waals surface area contributed by atoms with Crippen LogP contribution in [0.2, 0.25) is 0 Å². The fourth-order valence-electron chi connectivity index (χ4n) is 3.05. The summed E-state index contributed by atoms with van der Waals surface area (Å²) in [4.78, 5) is 4.55. The van der Waals surface area contributed by atoms with E-state index in [-0.39, 0.29) is 0 Å². The second kappa shape index (κ2) is 8.54. The Labute approximate surface area is 161 Å². The van der Waals surface area contributed by atoms with Crippen LogP contribution in [0.5, 0.6) is 5.75 Å². The molecule has 3 heteroatoms. The van der Waals surface area contributed by atoms with E-state index in [1.165, 1.54) is 5.56 Å². The van der Waals surface area contributed by atoms with Crippen molar-refractivity contribution in [1.82, 2.24) is 9.55 Å². The van der Waals surface area contributed by atoms with Crippen LogP contribution in [0, 0.1) is 0 Å². The summed E-state index contributed by atoms with van der Waals surface area (Å²) in [7, 11) is 0. The standard InChI is InChI=1S/C24H26N2O/c1-5-10-21(6-2)27-23-17-20(13-14-22(23)18(3)4)26-16-15-25-24(26)19-11-8-7-9-12-19/h5,7-18H,1,6H2,2-4H3/b21-10+. The van der Waals surface area contributed by atoms with Gasteiger partial charge in [-0.1, -0.05) is 69.8 Å². The van der Waals surface area contributed by atoms with E-state index in [9.17, 15) is 0 Å². The number of aromatic nitrogens is 2. The Hall–Kier alpha value is -3.07. The van der Waals surface area contributed by atoms with Crippen molar-refractivity contribution in [3.05, 3.63) is 91.0 Å². The second-order valence-corrected chi connectivity index (χ2v) is 6.69. The lowest BCUT2D eigenvalue weighted by Crippen LogP contribution is -2.02.